The van der Waals surface area contributed by atoms with Gasteiger partial charge in [-0.2, -0.15) is 0 Å². The number of hydrogen-bond donors (Lipinski definition) is 2. The molecule has 4 aliphatic rings. The fraction of sp³-hybridized carbons (Fsp3) is 0.850. The smallest absolute Gasteiger partial charge is 0.309 e. The lowest BCUT2D eigenvalue weighted by Gasteiger charge is -2.63. The highest BCUT2D eigenvalue weighted by Gasteiger charge is 2.67. The zero-order valence-electron chi connectivity index (χ0n) is 14.5. The van der Waals surface area contributed by atoms with E-state index in [0.717, 1.165) is 56.9 Å². The van der Waals surface area contributed by atoms with Gasteiger partial charge >= 0.3 is 5.97 Å². The third kappa shape index (κ3) is 1.72. The lowest BCUT2D eigenvalue weighted by atomic mass is 9.40. The van der Waals surface area contributed by atoms with Crippen molar-refractivity contribution in [3.05, 3.63) is 12.2 Å². The molecule has 0 aromatic carbocycles. The van der Waals surface area contributed by atoms with Gasteiger partial charge in [-0.25, -0.2) is 0 Å². The first-order valence-electron chi connectivity index (χ1n) is 9.36. The summed E-state index contributed by atoms with van der Waals surface area (Å²) in [6.07, 6.45) is 7.86. The number of aliphatic hydroxyl groups excluding tert-OH is 1. The van der Waals surface area contributed by atoms with Gasteiger partial charge in [0, 0.05) is 5.41 Å². The summed E-state index contributed by atoms with van der Waals surface area (Å²) in [6.45, 7) is 8.53. The molecule has 3 nitrogen and oxygen atoms in total. The molecule has 23 heavy (non-hydrogen) atoms. The summed E-state index contributed by atoms with van der Waals surface area (Å²) in [7, 11) is 0. The van der Waals surface area contributed by atoms with Crippen LogP contribution in [0.5, 0.6) is 0 Å². The maximum atomic E-state index is 12.0. The Hall–Kier alpha value is -0.830. The molecule has 4 rings (SSSR count). The van der Waals surface area contributed by atoms with Crippen molar-refractivity contribution in [3.8, 4) is 0 Å². The number of carboxylic acids is 1. The van der Waals surface area contributed by atoms with Gasteiger partial charge in [-0.05, 0) is 80.6 Å². The fourth-order valence-electron chi connectivity index (χ4n) is 7.62. The number of carboxylic acid groups (broad SMARTS) is 1. The molecule has 2 bridgehead atoms. The van der Waals surface area contributed by atoms with Crippen LogP contribution in [0.2, 0.25) is 0 Å². The standard InChI is InChI=1S/C20H30O3/c1-12-13-5-6-15-18(2)8-4-9-19(3,17(22)23)14(18)7-10-20(15,11-13)16(12)21/h13-16,21H,1,4-11H2,2-3H3,(H,22,23)/t13-,14+,15+,16+,18+,19-,20-/m0/s1. The maximum Gasteiger partial charge on any atom is 0.309 e. The number of aliphatic carboxylic acids is 1. The van der Waals surface area contributed by atoms with Gasteiger partial charge in [-0.15, -0.1) is 0 Å². The zero-order valence-corrected chi connectivity index (χ0v) is 14.5. The number of fused-ring (bicyclic) bond motifs is 3. The Balaban J connectivity index is 1.78. The van der Waals surface area contributed by atoms with Crippen LogP contribution in [-0.2, 0) is 4.79 Å². The lowest BCUT2D eigenvalue weighted by molar-refractivity contribution is -0.190. The van der Waals surface area contributed by atoms with Crippen molar-refractivity contribution >= 4 is 5.97 Å². The van der Waals surface area contributed by atoms with Crippen LogP contribution in [0.15, 0.2) is 12.2 Å². The van der Waals surface area contributed by atoms with Crippen molar-refractivity contribution in [2.24, 2.45) is 34.0 Å². The molecule has 0 amide bonds. The monoisotopic (exact) mass is 318 g/mol. The third-order valence-electron chi connectivity index (χ3n) is 8.70. The molecule has 4 fully saturated rings. The summed E-state index contributed by atoms with van der Waals surface area (Å²) in [6, 6.07) is 0. The van der Waals surface area contributed by atoms with Crippen LogP contribution in [0, 0.1) is 34.0 Å². The number of rotatable bonds is 1. The normalized spacial score (nSPS) is 55.2. The van der Waals surface area contributed by atoms with Gasteiger partial charge < -0.3 is 10.2 Å². The van der Waals surface area contributed by atoms with Crippen LogP contribution >= 0.6 is 0 Å². The second-order valence-corrected chi connectivity index (χ2v) is 9.41. The molecule has 7 atom stereocenters. The molecule has 3 heteroatoms. The van der Waals surface area contributed by atoms with Crippen LogP contribution in [0.4, 0.5) is 0 Å². The predicted molar refractivity (Wildman–Crippen MR) is 88.8 cm³/mol. The first-order valence-corrected chi connectivity index (χ1v) is 9.36. The van der Waals surface area contributed by atoms with Crippen LogP contribution in [0.3, 0.4) is 0 Å². The minimum Gasteiger partial charge on any atom is -0.481 e. The first kappa shape index (κ1) is 15.7. The van der Waals surface area contributed by atoms with E-state index in [1.807, 2.05) is 6.92 Å². The molecule has 0 aromatic heterocycles. The molecule has 0 saturated heterocycles. The predicted octanol–water partition coefficient (Wildman–Crippen LogP) is 4.01. The molecule has 4 aliphatic carbocycles. The maximum absolute atomic E-state index is 12.0. The van der Waals surface area contributed by atoms with E-state index >= 15 is 0 Å². The van der Waals surface area contributed by atoms with Crippen molar-refractivity contribution in [2.75, 3.05) is 0 Å². The Morgan fingerprint density at radius 3 is 2.57 bits per heavy atom. The molecule has 1 spiro atoms. The van der Waals surface area contributed by atoms with Crippen LogP contribution in [-0.4, -0.2) is 22.3 Å². The molecule has 0 radical (unpaired) electrons. The summed E-state index contributed by atoms with van der Waals surface area (Å²) in [5.74, 6) is 0.581. The van der Waals surface area contributed by atoms with E-state index in [4.69, 9.17) is 0 Å². The van der Waals surface area contributed by atoms with Crippen molar-refractivity contribution < 1.29 is 15.0 Å². The average Bonchev–Trinajstić information content (AvgIpc) is 2.68. The topological polar surface area (TPSA) is 57.5 Å². The van der Waals surface area contributed by atoms with Gasteiger partial charge in [-0.3, -0.25) is 4.79 Å². The Morgan fingerprint density at radius 2 is 1.87 bits per heavy atom. The lowest BCUT2D eigenvalue weighted by Crippen LogP contribution is -2.60. The Bertz CT molecular complexity index is 569. The van der Waals surface area contributed by atoms with E-state index in [9.17, 15) is 15.0 Å². The molecule has 2 N–H and O–H groups in total. The van der Waals surface area contributed by atoms with Crippen LogP contribution < -0.4 is 0 Å². The quantitative estimate of drug-likeness (QED) is 0.718. The number of hydrogen-bond acceptors (Lipinski definition) is 2. The summed E-state index contributed by atoms with van der Waals surface area (Å²) < 4.78 is 0. The Labute approximate surface area is 139 Å². The first-order chi connectivity index (χ1) is 10.8. The second kappa shape index (κ2) is 4.62. The Morgan fingerprint density at radius 1 is 1.13 bits per heavy atom. The summed E-state index contributed by atoms with van der Waals surface area (Å²) in [5, 5.41) is 20.9. The van der Waals surface area contributed by atoms with E-state index in [0.29, 0.717) is 11.8 Å². The summed E-state index contributed by atoms with van der Waals surface area (Å²) in [5.41, 5.74) is 0.514. The second-order valence-electron chi connectivity index (χ2n) is 9.41. The van der Waals surface area contributed by atoms with E-state index < -0.39 is 11.4 Å². The van der Waals surface area contributed by atoms with E-state index in [2.05, 4.69) is 13.5 Å². The van der Waals surface area contributed by atoms with Gasteiger partial charge in [-0.1, -0.05) is 19.9 Å². The van der Waals surface area contributed by atoms with E-state index in [-0.39, 0.29) is 22.9 Å². The third-order valence-corrected chi connectivity index (χ3v) is 8.70. The van der Waals surface area contributed by atoms with Gasteiger partial charge in [0.2, 0.25) is 0 Å². The fourth-order valence-corrected chi connectivity index (χ4v) is 7.62. The van der Waals surface area contributed by atoms with E-state index in [1.54, 1.807) is 0 Å². The summed E-state index contributed by atoms with van der Waals surface area (Å²) in [4.78, 5) is 12.0. The highest BCUT2D eigenvalue weighted by atomic mass is 16.4. The molecule has 4 saturated carbocycles. The highest BCUT2D eigenvalue weighted by Crippen LogP contribution is 2.72. The number of carbonyl (C=O) groups is 1. The molecule has 0 aliphatic heterocycles. The van der Waals surface area contributed by atoms with Gasteiger partial charge in [0.15, 0.2) is 0 Å². The Kier molecular flexibility index (Phi) is 3.15. The highest BCUT2D eigenvalue weighted by molar-refractivity contribution is 5.75. The summed E-state index contributed by atoms with van der Waals surface area (Å²) >= 11 is 0. The minimum atomic E-state index is -0.616. The van der Waals surface area contributed by atoms with Crippen molar-refractivity contribution in [1.82, 2.24) is 0 Å². The van der Waals surface area contributed by atoms with Gasteiger partial charge in [0.25, 0.3) is 0 Å². The van der Waals surface area contributed by atoms with Crippen molar-refractivity contribution in [2.45, 2.75) is 71.3 Å². The van der Waals surface area contributed by atoms with Crippen LogP contribution in [0.1, 0.15) is 65.2 Å². The van der Waals surface area contributed by atoms with Gasteiger partial charge in [0.1, 0.15) is 0 Å². The molecule has 0 unspecified atom stereocenters. The molecular weight excluding hydrogens is 288 g/mol. The molecule has 128 valence electrons. The molecule has 0 aromatic rings. The van der Waals surface area contributed by atoms with E-state index in [1.165, 1.54) is 0 Å². The van der Waals surface area contributed by atoms with Crippen LogP contribution in [0.25, 0.3) is 0 Å². The average molecular weight is 318 g/mol. The zero-order chi connectivity index (χ0) is 16.6. The number of aliphatic hydroxyl groups is 1. The molecule has 0 heterocycles. The largest absolute Gasteiger partial charge is 0.481 e. The minimum absolute atomic E-state index is 0.0119. The SMILES string of the molecule is C=C1[C@H]2CC[C@@H]3[C@]4(C)CCC[C@](C)(C(=O)O)[C@@H]4CC[C@@]3(C2)[C@@H]1O. The van der Waals surface area contributed by atoms with Gasteiger partial charge in [0.05, 0.1) is 11.5 Å². The molecular formula is C20H30O3. The van der Waals surface area contributed by atoms with Crippen molar-refractivity contribution in [3.63, 3.8) is 0 Å². The van der Waals surface area contributed by atoms with Crippen molar-refractivity contribution in [1.29, 1.82) is 0 Å².